The molecular weight excluding hydrogens is 402 g/mol. The van der Waals surface area contributed by atoms with Gasteiger partial charge in [-0.25, -0.2) is 0 Å². The van der Waals surface area contributed by atoms with Crippen molar-refractivity contribution in [1.82, 2.24) is 20.9 Å². The first-order valence-electron chi connectivity index (χ1n) is 7.94. The van der Waals surface area contributed by atoms with Gasteiger partial charge in [0.05, 0.1) is 0 Å². The number of aromatic amines is 1. The van der Waals surface area contributed by atoms with Crippen molar-refractivity contribution in [3.63, 3.8) is 0 Å². The maximum absolute atomic E-state index is 12.4. The summed E-state index contributed by atoms with van der Waals surface area (Å²) in [7, 11) is 0. The van der Waals surface area contributed by atoms with Crippen LogP contribution in [-0.4, -0.2) is 35.2 Å². The standard InChI is InChI=1S/C17H14BrN5O3/c1-7(24)20-17-22-13(16(26)23-17)9-4-5-19-15(25)14-12(9)10-6-8(18)2-3-11(10)21-14/h2-3,6,21H,4-5H2,1H3,(H,19,25)(H2,20,22,23,24,26)/b13-9-. The van der Waals surface area contributed by atoms with E-state index < -0.39 is 5.91 Å². The Morgan fingerprint density at radius 3 is 2.88 bits per heavy atom. The third-order valence-electron chi connectivity index (χ3n) is 4.22. The van der Waals surface area contributed by atoms with E-state index in [1.165, 1.54) is 6.92 Å². The number of carbonyl (C=O) groups is 3. The van der Waals surface area contributed by atoms with Gasteiger partial charge in [-0.2, -0.15) is 4.99 Å². The number of carbonyl (C=O) groups excluding carboxylic acids is 3. The lowest BCUT2D eigenvalue weighted by Gasteiger charge is -2.10. The summed E-state index contributed by atoms with van der Waals surface area (Å²) in [5.41, 5.74) is 2.82. The van der Waals surface area contributed by atoms with Crippen LogP contribution in [0.15, 0.2) is 33.4 Å². The molecule has 0 radical (unpaired) electrons. The van der Waals surface area contributed by atoms with E-state index >= 15 is 0 Å². The largest absolute Gasteiger partial charge is 0.350 e. The predicted molar refractivity (Wildman–Crippen MR) is 99.3 cm³/mol. The number of nitrogens with zero attached hydrogens (tertiary/aromatic N) is 1. The van der Waals surface area contributed by atoms with Gasteiger partial charge in [0.1, 0.15) is 11.4 Å². The molecule has 0 spiro atoms. The summed E-state index contributed by atoms with van der Waals surface area (Å²) in [5.74, 6) is -0.939. The van der Waals surface area contributed by atoms with Crippen molar-refractivity contribution < 1.29 is 14.4 Å². The van der Waals surface area contributed by atoms with Crippen molar-refractivity contribution >= 4 is 56.1 Å². The molecule has 26 heavy (non-hydrogen) atoms. The van der Waals surface area contributed by atoms with Gasteiger partial charge < -0.3 is 15.6 Å². The van der Waals surface area contributed by atoms with Gasteiger partial charge in [0, 0.05) is 34.4 Å². The summed E-state index contributed by atoms with van der Waals surface area (Å²) in [4.78, 5) is 43.1. The molecule has 132 valence electrons. The number of fused-ring (bicyclic) bond motifs is 3. The first kappa shape index (κ1) is 16.5. The molecule has 4 rings (SSSR count). The number of hydrogen-bond donors (Lipinski definition) is 4. The molecule has 0 atom stereocenters. The molecule has 2 aromatic rings. The van der Waals surface area contributed by atoms with Gasteiger partial charge in [-0.1, -0.05) is 15.9 Å². The molecule has 0 fully saturated rings. The molecule has 2 aliphatic heterocycles. The Hall–Kier alpha value is -2.94. The van der Waals surface area contributed by atoms with E-state index in [1.807, 2.05) is 18.2 Å². The zero-order valence-electron chi connectivity index (χ0n) is 13.7. The van der Waals surface area contributed by atoms with Crippen LogP contribution in [0, 0.1) is 0 Å². The van der Waals surface area contributed by atoms with Crippen LogP contribution in [0.25, 0.3) is 16.5 Å². The van der Waals surface area contributed by atoms with Crippen LogP contribution in [0.5, 0.6) is 0 Å². The van der Waals surface area contributed by atoms with Gasteiger partial charge in [0.15, 0.2) is 0 Å². The summed E-state index contributed by atoms with van der Waals surface area (Å²) in [6.07, 6.45) is 0.454. The van der Waals surface area contributed by atoms with Crippen LogP contribution in [0.4, 0.5) is 0 Å². The van der Waals surface area contributed by atoms with Crippen molar-refractivity contribution in [2.75, 3.05) is 6.54 Å². The zero-order valence-corrected chi connectivity index (χ0v) is 15.3. The second kappa shape index (κ2) is 6.10. The number of amides is 3. The Kier molecular flexibility index (Phi) is 3.87. The van der Waals surface area contributed by atoms with E-state index in [4.69, 9.17) is 0 Å². The van der Waals surface area contributed by atoms with Crippen molar-refractivity contribution in [2.45, 2.75) is 13.3 Å². The van der Waals surface area contributed by atoms with Gasteiger partial charge in [0.2, 0.25) is 11.9 Å². The lowest BCUT2D eigenvalue weighted by Crippen LogP contribution is -2.36. The minimum Gasteiger partial charge on any atom is -0.350 e. The van der Waals surface area contributed by atoms with Gasteiger partial charge in [-0.05, 0) is 30.2 Å². The molecule has 0 unspecified atom stereocenters. The number of nitrogens with one attached hydrogen (secondary N) is 4. The van der Waals surface area contributed by atoms with Crippen molar-refractivity contribution in [3.8, 4) is 0 Å². The summed E-state index contributed by atoms with van der Waals surface area (Å²) >= 11 is 3.45. The van der Waals surface area contributed by atoms with E-state index in [1.54, 1.807) is 0 Å². The Balaban J connectivity index is 1.92. The molecule has 2 aliphatic rings. The van der Waals surface area contributed by atoms with Crippen molar-refractivity contribution in [3.05, 3.63) is 39.6 Å². The molecule has 1 aromatic heterocycles. The zero-order chi connectivity index (χ0) is 18.4. The molecule has 8 nitrogen and oxygen atoms in total. The molecule has 3 heterocycles. The van der Waals surface area contributed by atoms with E-state index in [-0.39, 0.29) is 23.5 Å². The fourth-order valence-electron chi connectivity index (χ4n) is 3.20. The number of halogens is 1. The molecule has 9 heteroatoms. The quantitative estimate of drug-likeness (QED) is 0.486. The van der Waals surface area contributed by atoms with Crippen LogP contribution < -0.4 is 16.0 Å². The summed E-state index contributed by atoms with van der Waals surface area (Å²) < 4.78 is 0.863. The highest BCUT2D eigenvalue weighted by atomic mass is 79.9. The SMILES string of the molecule is CC(=O)NC1=NC(=O)/C(=C2\CCNC(=O)c3[nH]c4ccc(Br)cc4c32)N1. The van der Waals surface area contributed by atoms with E-state index in [2.05, 4.69) is 41.9 Å². The second-order valence-electron chi connectivity index (χ2n) is 6.00. The maximum atomic E-state index is 12.4. The Morgan fingerprint density at radius 2 is 2.12 bits per heavy atom. The molecule has 0 aliphatic carbocycles. The van der Waals surface area contributed by atoms with E-state index in [9.17, 15) is 14.4 Å². The van der Waals surface area contributed by atoms with Gasteiger partial charge in [-0.3, -0.25) is 19.7 Å². The topological polar surface area (TPSA) is 115 Å². The summed E-state index contributed by atoms with van der Waals surface area (Å²) in [5, 5.41) is 9.01. The number of aromatic nitrogens is 1. The lowest BCUT2D eigenvalue weighted by atomic mass is 9.97. The van der Waals surface area contributed by atoms with Crippen LogP contribution in [-0.2, 0) is 9.59 Å². The smallest absolute Gasteiger partial charge is 0.297 e. The van der Waals surface area contributed by atoms with Crippen molar-refractivity contribution in [2.24, 2.45) is 4.99 Å². The highest BCUT2D eigenvalue weighted by molar-refractivity contribution is 9.10. The summed E-state index contributed by atoms with van der Waals surface area (Å²) in [6, 6.07) is 5.64. The molecule has 0 bridgehead atoms. The van der Waals surface area contributed by atoms with Crippen molar-refractivity contribution in [1.29, 1.82) is 0 Å². The third-order valence-corrected chi connectivity index (χ3v) is 4.71. The molecule has 0 saturated heterocycles. The Labute approximate surface area is 156 Å². The van der Waals surface area contributed by atoms with Gasteiger partial charge >= 0.3 is 0 Å². The number of rotatable bonds is 0. The summed E-state index contributed by atoms with van der Waals surface area (Å²) in [6.45, 7) is 1.73. The molecule has 0 saturated carbocycles. The number of aliphatic imine (C=N–C) groups is 1. The minimum absolute atomic E-state index is 0.0936. The fraction of sp³-hybridized carbons (Fsp3) is 0.176. The number of benzene rings is 1. The monoisotopic (exact) mass is 415 g/mol. The normalized spacial score (nSPS) is 19.5. The van der Waals surface area contributed by atoms with E-state index in [0.29, 0.717) is 29.8 Å². The molecule has 1 aromatic carbocycles. The third kappa shape index (κ3) is 2.70. The fourth-order valence-corrected chi connectivity index (χ4v) is 3.56. The minimum atomic E-state index is -0.478. The number of guanidine groups is 1. The molecule has 3 amide bonds. The van der Waals surface area contributed by atoms with Gasteiger partial charge in [-0.15, -0.1) is 0 Å². The first-order valence-corrected chi connectivity index (χ1v) is 8.74. The predicted octanol–water partition coefficient (Wildman–Crippen LogP) is 1.40. The second-order valence-corrected chi connectivity index (χ2v) is 6.91. The lowest BCUT2D eigenvalue weighted by molar-refractivity contribution is -0.117. The highest BCUT2D eigenvalue weighted by Crippen LogP contribution is 2.36. The average Bonchev–Trinajstić information content (AvgIpc) is 3.06. The van der Waals surface area contributed by atoms with Crippen LogP contribution >= 0.6 is 15.9 Å². The maximum Gasteiger partial charge on any atom is 0.297 e. The Morgan fingerprint density at radius 1 is 1.31 bits per heavy atom. The average molecular weight is 416 g/mol. The van der Waals surface area contributed by atoms with Crippen LogP contribution in [0.1, 0.15) is 29.4 Å². The van der Waals surface area contributed by atoms with Gasteiger partial charge in [0.25, 0.3) is 11.8 Å². The van der Waals surface area contributed by atoms with E-state index in [0.717, 1.165) is 15.4 Å². The Bertz CT molecular complexity index is 1050. The van der Waals surface area contributed by atoms with Crippen LogP contribution in [0.3, 0.4) is 0 Å². The highest BCUT2D eigenvalue weighted by Gasteiger charge is 2.31. The number of H-pyrrole nitrogens is 1. The van der Waals surface area contributed by atoms with Crippen LogP contribution in [0.2, 0.25) is 0 Å². The number of hydrogen-bond acceptors (Lipinski definition) is 4. The first-order chi connectivity index (χ1) is 12.4. The molecular formula is C17H14BrN5O3. The molecule has 4 N–H and O–H groups in total.